The lowest BCUT2D eigenvalue weighted by molar-refractivity contribution is -0.115. The second-order valence-electron chi connectivity index (χ2n) is 6.95. The van der Waals surface area contributed by atoms with Gasteiger partial charge in [-0.1, -0.05) is 44.2 Å². The van der Waals surface area contributed by atoms with Crippen LogP contribution in [0.3, 0.4) is 0 Å². The predicted octanol–water partition coefficient (Wildman–Crippen LogP) is 4.25. The Morgan fingerprint density at radius 3 is 2.57 bits per heavy atom. The van der Waals surface area contributed by atoms with Gasteiger partial charge in [-0.3, -0.25) is 9.48 Å². The fourth-order valence-electron chi connectivity index (χ4n) is 2.85. The molecule has 0 aliphatic carbocycles. The first-order valence-corrected chi connectivity index (χ1v) is 9.05. The minimum atomic E-state index is -0.541. The number of anilines is 1. The van der Waals surface area contributed by atoms with Crippen LogP contribution in [0.15, 0.2) is 54.7 Å². The molecule has 0 bridgehead atoms. The van der Waals surface area contributed by atoms with Gasteiger partial charge in [0, 0.05) is 12.3 Å². The van der Waals surface area contributed by atoms with Gasteiger partial charge in [-0.15, -0.1) is 0 Å². The van der Waals surface area contributed by atoms with Gasteiger partial charge >= 0.3 is 0 Å². The Morgan fingerprint density at radius 1 is 1.18 bits per heavy atom. The van der Waals surface area contributed by atoms with E-state index in [1.165, 1.54) is 17.7 Å². The maximum atomic E-state index is 13.4. The summed E-state index contributed by atoms with van der Waals surface area (Å²) in [5.41, 5.74) is 2.94. The number of nitrogens with zero attached hydrogens (tertiary/aromatic N) is 3. The molecule has 28 heavy (non-hydrogen) atoms. The summed E-state index contributed by atoms with van der Waals surface area (Å²) in [7, 11) is 0. The zero-order chi connectivity index (χ0) is 20.1. The van der Waals surface area contributed by atoms with E-state index >= 15 is 0 Å². The number of benzene rings is 2. The highest BCUT2D eigenvalue weighted by atomic mass is 19.1. The average Bonchev–Trinajstić information content (AvgIpc) is 3.10. The third-order valence-electron chi connectivity index (χ3n) is 4.42. The van der Waals surface area contributed by atoms with Gasteiger partial charge in [-0.2, -0.15) is 10.4 Å². The number of nitrogens with one attached hydrogen (secondary N) is 1. The Labute approximate surface area is 163 Å². The molecule has 6 heteroatoms. The molecule has 142 valence electrons. The number of rotatable bonds is 6. The molecular formula is C22H21FN4O. The van der Waals surface area contributed by atoms with Gasteiger partial charge in [0.25, 0.3) is 0 Å². The molecule has 0 atom stereocenters. The van der Waals surface area contributed by atoms with Crippen molar-refractivity contribution in [3.05, 3.63) is 82.8 Å². The highest BCUT2D eigenvalue weighted by Crippen LogP contribution is 2.16. The third-order valence-corrected chi connectivity index (χ3v) is 4.42. The second-order valence-corrected chi connectivity index (χ2v) is 6.95. The van der Waals surface area contributed by atoms with Crippen LogP contribution in [-0.4, -0.2) is 15.7 Å². The maximum Gasteiger partial charge on any atom is 0.229 e. The van der Waals surface area contributed by atoms with Crippen molar-refractivity contribution in [1.29, 1.82) is 5.26 Å². The number of hydrogen-bond acceptors (Lipinski definition) is 3. The SMILES string of the molecule is CC(C)c1ccc(CC(=O)Nc2ccn(Cc3ccc(F)c(C#N)c3)n2)cc1. The number of hydrogen-bond donors (Lipinski definition) is 1. The second kappa shape index (κ2) is 8.49. The molecule has 0 aliphatic rings. The molecule has 1 amide bonds. The van der Waals surface area contributed by atoms with Crippen LogP contribution in [0.5, 0.6) is 0 Å². The molecule has 0 aliphatic heterocycles. The van der Waals surface area contributed by atoms with Crippen LogP contribution < -0.4 is 5.32 Å². The molecule has 5 nitrogen and oxygen atoms in total. The molecule has 0 saturated carbocycles. The summed E-state index contributed by atoms with van der Waals surface area (Å²) in [6.07, 6.45) is 2.00. The lowest BCUT2D eigenvalue weighted by Crippen LogP contribution is -2.15. The van der Waals surface area contributed by atoms with Gasteiger partial charge in [0.15, 0.2) is 5.82 Å². The van der Waals surface area contributed by atoms with Crippen molar-refractivity contribution in [1.82, 2.24) is 9.78 Å². The summed E-state index contributed by atoms with van der Waals surface area (Å²) in [4.78, 5) is 12.3. The average molecular weight is 376 g/mol. The summed E-state index contributed by atoms with van der Waals surface area (Å²) < 4.78 is 15.0. The van der Waals surface area contributed by atoms with Crippen LogP contribution in [0.2, 0.25) is 0 Å². The molecule has 3 aromatic rings. The molecular weight excluding hydrogens is 355 g/mol. The Hall–Kier alpha value is -3.46. The molecule has 1 aromatic heterocycles. The molecule has 0 fully saturated rings. The van der Waals surface area contributed by atoms with Crippen LogP contribution in [0.1, 0.15) is 42.0 Å². The van der Waals surface area contributed by atoms with Crippen molar-refractivity contribution in [3.8, 4) is 6.07 Å². The molecule has 0 saturated heterocycles. The van der Waals surface area contributed by atoms with E-state index in [4.69, 9.17) is 5.26 Å². The lowest BCUT2D eigenvalue weighted by Gasteiger charge is -2.07. The Kier molecular flexibility index (Phi) is 5.85. The van der Waals surface area contributed by atoms with Crippen molar-refractivity contribution < 1.29 is 9.18 Å². The standard InChI is InChI=1S/C22H21FN4O/c1-15(2)18-6-3-16(4-7-18)12-22(28)25-21-9-10-27(26-21)14-17-5-8-20(23)19(11-17)13-24/h3-11,15H,12,14H2,1-2H3,(H,25,26,28). The van der Waals surface area contributed by atoms with Gasteiger partial charge in [0.2, 0.25) is 5.91 Å². The van der Waals surface area contributed by atoms with Gasteiger partial charge in [-0.25, -0.2) is 4.39 Å². The number of amides is 1. The Morgan fingerprint density at radius 2 is 1.89 bits per heavy atom. The van der Waals surface area contributed by atoms with Crippen molar-refractivity contribution >= 4 is 11.7 Å². The first-order chi connectivity index (χ1) is 13.4. The summed E-state index contributed by atoms with van der Waals surface area (Å²) in [6.45, 7) is 4.64. The van der Waals surface area contributed by atoms with Gasteiger partial charge < -0.3 is 5.32 Å². The van der Waals surface area contributed by atoms with Gasteiger partial charge in [0.1, 0.15) is 11.9 Å². The monoisotopic (exact) mass is 376 g/mol. The summed E-state index contributed by atoms with van der Waals surface area (Å²) in [5.74, 6) is 0.223. The fraction of sp³-hybridized carbons (Fsp3) is 0.227. The first kappa shape index (κ1) is 19.3. The van der Waals surface area contributed by atoms with Crippen LogP contribution in [-0.2, 0) is 17.8 Å². The minimum absolute atomic E-state index is 0.00154. The van der Waals surface area contributed by atoms with E-state index in [0.717, 1.165) is 11.1 Å². The third kappa shape index (κ3) is 4.83. The molecule has 0 spiro atoms. The molecule has 1 N–H and O–H groups in total. The largest absolute Gasteiger partial charge is 0.309 e. The topological polar surface area (TPSA) is 70.7 Å². The molecule has 0 unspecified atom stereocenters. The van der Waals surface area contributed by atoms with E-state index in [0.29, 0.717) is 18.3 Å². The summed E-state index contributed by atoms with van der Waals surface area (Å²) in [5, 5.41) is 16.0. The Balaban J connectivity index is 1.59. The number of carbonyl (C=O) groups excluding carboxylic acids is 1. The molecule has 1 heterocycles. The first-order valence-electron chi connectivity index (χ1n) is 9.05. The maximum absolute atomic E-state index is 13.4. The zero-order valence-corrected chi connectivity index (χ0v) is 15.8. The van der Waals surface area contributed by atoms with Crippen LogP contribution >= 0.6 is 0 Å². The summed E-state index contributed by atoms with van der Waals surface area (Å²) >= 11 is 0. The van der Waals surface area contributed by atoms with E-state index in [1.54, 1.807) is 23.0 Å². The van der Waals surface area contributed by atoms with E-state index in [2.05, 4.69) is 24.3 Å². The van der Waals surface area contributed by atoms with Crippen molar-refractivity contribution in [3.63, 3.8) is 0 Å². The number of nitriles is 1. The highest BCUT2D eigenvalue weighted by molar-refractivity contribution is 5.91. The van der Waals surface area contributed by atoms with E-state index in [1.807, 2.05) is 30.3 Å². The van der Waals surface area contributed by atoms with E-state index in [-0.39, 0.29) is 17.9 Å². The van der Waals surface area contributed by atoms with Crippen LogP contribution in [0, 0.1) is 17.1 Å². The zero-order valence-electron chi connectivity index (χ0n) is 15.8. The van der Waals surface area contributed by atoms with Crippen LogP contribution in [0.4, 0.5) is 10.2 Å². The minimum Gasteiger partial charge on any atom is -0.309 e. The highest BCUT2D eigenvalue weighted by Gasteiger charge is 2.08. The number of carbonyl (C=O) groups is 1. The van der Waals surface area contributed by atoms with Gasteiger partial charge in [-0.05, 0) is 34.7 Å². The van der Waals surface area contributed by atoms with Crippen LogP contribution in [0.25, 0.3) is 0 Å². The fourth-order valence-corrected chi connectivity index (χ4v) is 2.85. The number of aromatic nitrogens is 2. The molecule has 2 aromatic carbocycles. The van der Waals surface area contributed by atoms with Gasteiger partial charge in [0.05, 0.1) is 18.5 Å². The van der Waals surface area contributed by atoms with Crippen molar-refractivity contribution in [2.45, 2.75) is 32.7 Å². The van der Waals surface area contributed by atoms with Crippen molar-refractivity contribution in [2.24, 2.45) is 0 Å². The smallest absolute Gasteiger partial charge is 0.229 e. The Bertz CT molecular complexity index is 1020. The molecule has 0 radical (unpaired) electrons. The summed E-state index contributed by atoms with van der Waals surface area (Å²) in [6, 6.07) is 15.9. The number of halogens is 1. The van der Waals surface area contributed by atoms with E-state index < -0.39 is 5.82 Å². The lowest BCUT2D eigenvalue weighted by atomic mass is 10.0. The normalized spacial score (nSPS) is 10.7. The van der Waals surface area contributed by atoms with E-state index in [9.17, 15) is 9.18 Å². The quantitative estimate of drug-likeness (QED) is 0.699. The molecule has 3 rings (SSSR count). The van der Waals surface area contributed by atoms with Crippen molar-refractivity contribution in [2.75, 3.05) is 5.32 Å². The predicted molar refractivity (Wildman–Crippen MR) is 105 cm³/mol.